The average molecular weight is 531 g/mol. The lowest BCUT2D eigenvalue weighted by Crippen LogP contribution is -2.30. The number of fused-ring (bicyclic) bond motifs is 1. The van der Waals surface area contributed by atoms with Crippen LogP contribution in [-0.4, -0.2) is 25.9 Å². The highest BCUT2D eigenvalue weighted by Crippen LogP contribution is 2.27. The van der Waals surface area contributed by atoms with Gasteiger partial charge in [-0.15, -0.1) is 0 Å². The predicted molar refractivity (Wildman–Crippen MR) is 134 cm³/mol. The molecule has 0 fully saturated rings. The highest BCUT2D eigenvalue weighted by atomic mass is 32.2. The Kier molecular flexibility index (Phi) is 10.2. The van der Waals surface area contributed by atoms with Crippen LogP contribution >= 0.6 is 0 Å². The number of hydrogen-bond donors (Lipinski definition) is 0. The molecule has 4 aromatic rings. The first-order valence-electron chi connectivity index (χ1n) is 11.2. The second kappa shape index (κ2) is 12.7. The number of pyridine rings is 2. The minimum Gasteiger partial charge on any atom is -0.744 e. The fourth-order valence-corrected chi connectivity index (χ4v) is 4.77. The van der Waals surface area contributed by atoms with Gasteiger partial charge in [0.25, 0.3) is 0 Å². The van der Waals surface area contributed by atoms with Crippen molar-refractivity contribution in [3.05, 3.63) is 96.6 Å². The van der Waals surface area contributed by atoms with E-state index < -0.39 is 30.0 Å². The highest BCUT2D eigenvalue weighted by molar-refractivity contribution is 7.86. The molecule has 2 aromatic carbocycles. The highest BCUT2D eigenvalue weighted by Gasteiger charge is 2.12. The quantitative estimate of drug-likeness (QED) is 0.295. The summed E-state index contributed by atoms with van der Waals surface area (Å²) in [5.74, 6) is 0. The third kappa shape index (κ3) is 8.49. The van der Waals surface area contributed by atoms with Crippen LogP contribution in [0.3, 0.4) is 0 Å². The van der Waals surface area contributed by atoms with Crippen LogP contribution in [0, 0.1) is 13.8 Å². The van der Waals surface area contributed by atoms with Gasteiger partial charge in [0.15, 0.2) is 24.8 Å². The van der Waals surface area contributed by atoms with Crippen molar-refractivity contribution in [2.24, 2.45) is 0 Å². The van der Waals surface area contributed by atoms with Crippen LogP contribution in [0.4, 0.5) is 0 Å². The SMILES string of the molecule is CC[n+]1cccc(C)c1.CC[n+]1cccc(C)c1.O=S(=O)([O-])c1cccc2c(S(=O)(=O)[O-])cccc12. The fraction of sp³-hybridized carbons (Fsp3) is 0.231. The van der Waals surface area contributed by atoms with Gasteiger partial charge >= 0.3 is 0 Å². The third-order valence-electron chi connectivity index (χ3n) is 5.12. The molecule has 0 saturated heterocycles. The van der Waals surface area contributed by atoms with Gasteiger partial charge < -0.3 is 9.11 Å². The van der Waals surface area contributed by atoms with Crippen LogP contribution in [-0.2, 0) is 33.3 Å². The van der Waals surface area contributed by atoms with E-state index in [0.717, 1.165) is 25.2 Å². The van der Waals surface area contributed by atoms with E-state index in [1.165, 1.54) is 35.4 Å². The van der Waals surface area contributed by atoms with E-state index >= 15 is 0 Å². The molecule has 0 aliphatic rings. The number of hydrogen-bond acceptors (Lipinski definition) is 6. The van der Waals surface area contributed by atoms with Crippen molar-refractivity contribution in [2.45, 2.75) is 50.6 Å². The van der Waals surface area contributed by atoms with E-state index in [9.17, 15) is 25.9 Å². The van der Waals surface area contributed by atoms with Crippen LogP contribution < -0.4 is 9.13 Å². The molecule has 0 saturated carbocycles. The Hall–Kier alpha value is -3.18. The molecule has 8 nitrogen and oxygen atoms in total. The number of aryl methyl sites for hydroxylation is 4. The Morgan fingerprint density at radius 1 is 0.611 bits per heavy atom. The Labute approximate surface area is 213 Å². The minimum atomic E-state index is -4.74. The Balaban J connectivity index is 0.000000212. The van der Waals surface area contributed by atoms with E-state index in [4.69, 9.17) is 0 Å². The zero-order valence-electron chi connectivity index (χ0n) is 20.7. The van der Waals surface area contributed by atoms with Gasteiger partial charge in [-0.2, -0.15) is 0 Å². The first-order chi connectivity index (χ1) is 16.9. The fourth-order valence-electron chi connectivity index (χ4n) is 3.39. The van der Waals surface area contributed by atoms with Gasteiger partial charge in [0.05, 0.1) is 9.79 Å². The molecule has 0 aliphatic heterocycles. The summed E-state index contributed by atoms with van der Waals surface area (Å²) in [5.41, 5.74) is 2.64. The first-order valence-corrected chi connectivity index (χ1v) is 14.0. The van der Waals surface area contributed by atoms with E-state index in [0.29, 0.717) is 0 Å². The van der Waals surface area contributed by atoms with Crippen LogP contribution in [0.2, 0.25) is 0 Å². The molecule has 2 heterocycles. The van der Waals surface area contributed by atoms with E-state index in [-0.39, 0.29) is 10.8 Å². The molecule has 0 spiro atoms. The van der Waals surface area contributed by atoms with Gasteiger partial charge in [0.2, 0.25) is 0 Å². The number of aromatic nitrogens is 2. The molecule has 2 aromatic heterocycles. The lowest BCUT2D eigenvalue weighted by Gasteiger charge is -2.14. The molecule has 0 bridgehead atoms. The minimum absolute atomic E-state index is 0.0792. The maximum absolute atomic E-state index is 11.0. The van der Waals surface area contributed by atoms with Crippen molar-refractivity contribution >= 4 is 31.0 Å². The Morgan fingerprint density at radius 2 is 0.972 bits per heavy atom. The molecule has 0 amide bonds. The van der Waals surface area contributed by atoms with Gasteiger partial charge in [-0.3, -0.25) is 0 Å². The molecule has 0 atom stereocenters. The molecule has 0 aliphatic carbocycles. The van der Waals surface area contributed by atoms with Gasteiger partial charge in [0, 0.05) is 34.0 Å². The number of rotatable bonds is 4. The van der Waals surface area contributed by atoms with Crippen LogP contribution in [0.15, 0.2) is 95.2 Å². The summed E-state index contributed by atoms with van der Waals surface area (Å²) in [7, 11) is -9.48. The van der Waals surface area contributed by atoms with Crippen molar-refractivity contribution in [3.63, 3.8) is 0 Å². The molecular formula is C26H30N2O6S2. The molecule has 0 radical (unpaired) electrons. The number of benzene rings is 2. The summed E-state index contributed by atoms with van der Waals surface area (Å²) in [6, 6.07) is 15.4. The standard InChI is InChI=1S/C10H8O6S2.2C8H12N/c11-17(12,13)9-5-1-3-7-8(9)4-2-6-10(7)18(14,15)16;2*1-3-9-6-4-5-8(2)7-9/h1-6H,(H,11,12,13)(H,14,15,16);2*4-7H,3H2,1-2H3/q;2*+1/p-2. The summed E-state index contributed by atoms with van der Waals surface area (Å²) >= 11 is 0. The van der Waals surface area contributed by atoms with E-state index in [1.807, 2.05) is 0 Å². The molecule has 192 valence electrons. The summed E-state index contributed by atoms with van der Waals surface area (Å²) in [5, 5.41) is -0.158. The number of nitrogens with zero attached hydrogens (tertiary/aromatic N) is 2. The van der Waals surface area contributed by atoms with E-state index in [1.54, 1.807) is 0 Å². The monoisotopic (exact) mass is 530 g/mol. The second-order valence-electron chi connectivity index (χ2n) is 7.94. The largest absolute Gasteiger partial charge is 0.744 e. The first kappa shape index (κ1) is 29.1. The molecule has 4 rings (SSSR count). The lowest BCUT2D eigenvalue weighted by molar-refractivity contribution is -0.694. The third-order valence-corrected chi connectivity index (χ3v) is 6.91. The summed E-state index contributed by atoms with van der Waals surface area (Å²) < 4.78 is 70.5. The normalized spacial score (nSPS) is 11.2. The lowest BCUT2D eigenvalue weighted by atomic mass is 10.1. The van der Waals surface area contributed by atoms with Gasteiger partial charge in [0.1, 0.15) is 33.3 Å². The molecule has 36 heavy (non-hydrogen) atoms. The Morgan fingerprint density at radius 3 is 1.22 bits per heavy atom. The van der Waals surface area contributed by atoms with Crippen molar-refractivity contribution in [2.75, 3.05) is 0 Å². The van der Waals surface area contributed by atoms with E-state index in [2.05, 4.69) is 85.9 Å². The van der Waals surface area contributed by atoms with Crippen LogP contribution in [0.5, 0.6) is 0 Å². The van der Waals surface area contributed by atoms with Gasteiger partial charge in [-0.1, -0.05) is 24.3 Å². The molecule has 10 heteroatoms. The van der Waals surface area contributed by atoms with Crippen LogP contribution in [0.25, 0.3) is 10.8 Å². The second-order valence-corrected chi connectivity index (χ2v) is 10.6. The summed E-state index contributed by atoms with van der Waals surface area (Å²) in [6.07, 6.45) is 8.43. The molecule has 0 N–H and O–H groups in total. The van der Waals surface area contributed by atoms with Gasteiger partial charge in [-0.25, -0.2) is 26.0 Å². The maximum atomic E-state index is 11.0. The van der Waals surface area contributed by atoms with Crippen molar-refractivity contribution in [1.29, 1.82) is 0 Å². The molecular weight excluding hydrogens is 500 g/mol. The topological polar surface area (TPSA) is 122 Å². The Bertz CT molecular complexity index is 1420. The van der Waals surface area contributed by atoms with Crippen LogP contribution in [0.1, 0.15) is 25.0 Å². The predicted octanol–water partition coefficient (Wildman–Crippen LogP) is 3.25. The zero-order chi connectivity index (χ0) is 26.9. The average Bonchev–Trinajstić information content (AvgIpc) is 2.83. The van der Waals surface area contributed by atoms with Crippen molar-refractivity contribution in [1.82, 2.24) is 0 Å². The van der Waals surface area contributed by atoms with Gasteiger partial charge in [-0.05, 0) is 52.0 Å². The molecule has 0 unspecified atom stereocenters. The van der Waals surface area contributed by atoms with Crippen molar-refractivity contribution < 1.29 is 35.1 Å². The maximum Gasteiger partial charge on any atom is 0.171 e. The summed E-state index contributed by atoms with van der Waals surface area (Å²) in [4.78, 5) is -1.10. The smallest absolute Gasteiger partial charge is 0.171 e. The van der Waals surface area contributed by atoms with Crippen molar-refractivity contribution in [3.8, 4) is 0 Å². The summed E-state index contributed by atoms with van der Waals surface area (Å²) in [6.45, 7) is 10.6. The zero-order valence-corrected chi connectivity index (χ0v) is 22.3.